The number of Topliss-reactive ketones (excluding diaryl/α,β-unsaturated/α-hetero) is 2. The smallest absolute Gasteiger partial charge is 1.00 e. The molecular formula is C57H48BF16NNaO6. The Labute approximate surface area is 485 Å². The molecule has 2 atom stereocenters. The summed E-state index contributed by atoms with van der Waals surface area (Å²) >= 11 is 0. The van der Waals surface area contributed by atoms with E-state index < -0.39 is 121 Å². The molecule has 1 N–H and O–H groups in total. The number of carbonyl (C=O) groups excluding carboxylic acids is 3. The molecule has 0 saturated heterocycles. The number of rotatable bonds is 23. The summed E-state index contributed by atoms with van der Waals surface area (Å²) in [6.07, 6.45) is -33.3. The average Bonchev–Trinajstić information content (AvgIpc) is 3.35. The van der Waals surface area contributed by atoms with Crippen LogP contribution in [0, 0.1) is 23.0 Å². The first-order valence-electron chi connectivity index (χ1n) is 23.6. The van der Waals surface area contributed by atoms with Crippen molar-refractivity contribution in [2.75, 3.05) is 7.11 Å². The van der Waals surface area contributed by atoms with E-state index in [1.54, 1.807) is 60.7 Å². The number of aldehydes is 1. The minimum Gasteiger partial charge on any atom is -1.00 e. The Hall–Kier alpha value is -6.68. The van der Waals surface area contributed by atoms with Gasteiger partial charge >= 0.3 is 67.0 Å². The van der Waals surface area contributed by atoms with Crippen molar-refractivity contribution in [2.24, 2.45) is 0 Å². The van der Waals surface area contributed by atoms with Crippen molar-refractivity contribution < 1.29 is 130 Å². The molecule has 25 heteroatoms. The van der Waals surface area contributed by atoms with Gasteiger partial charge in [0.2, 0.25) is 0 Å². The number of aliphatic hydroxyl groups is 1. The van der Waals surface area contributed by atoms with E-state index in [0.717, 1.165) is 31.4 Å². The molecule has 0 aliphatic heterocycles. The summed E-state index contributed by atoms with van der Waals surface area (Å²) in [5.74, 6) is -6.01. The van der Waals surface area contributed by atoms with Gasteiger partial charge in [-0.25, -0.2) is 8.78 Å². The zero-order chi connectivity index (χ0) is 59.7. The van der Waals surface area contributed by atoms with Crippen molar-refractivity contribution in [3.8, 4) is 17.6 Å². The summed E-state index contributed by atoms with van der Waals surface area (Å²) in [6, 6.07) is 33.9. The van der Waals surface area contributed by atoms with Crippen LogP contribution in [0.25, 0.3) is 0 Å². The monoisotopic (exact) mass is 1180 g/mol. The van der Waals surface area contributed by atoms with Crippen molar-refractivity contribution in [3.05, 3.63) is 202 Å². The van der Waals surface area contributed by atoms with Gasteiger partial charge in [0.05, 0.1) is 24.5 Å². The molecule has 0 spiro atoms. The SMILES string of the molecule is CO.N#Cc1ccc([C@](CC(=O)CCC(F)(F)F)(Cc2ccccc2)c2cc(F)cc(OC(F)(F)C(F)F)c2)cc1.O=Cc1ccc([C@](CC(=O)CCC(F)(F)F)(Cc2ccccc2)c2cc(F)cc(OC(F)(F)C(F)F)c2)cc1.[B].[H-].[Na+]. The molecule has 0 aliphatic carbocycles. The summed E-state index contributed by atoms with van der Waals surface area (Å²) in [5, 5.41) is 16.2. The number of ether oxygens (including phenoxy) is 2. The van der Waals surface area contributed by atoms with Crippen LogP contribution in [0.2, 0.25) is 0 Å². The molecule has 7 nitrogen and oxygen atoms in total. The van der Waals surface area contributed by atoms with Crippen LogP contribution in [0.1, 0.15) is 89.3 Å². The van der Waals surface area contributed by atoms with Crippen molar-refractivity contribution in [1.82, 2.24) is 0 Å². The standard InChI is InChI=1S/C28H21F8NO2.C28H22F8O3.CH4O.B.Na.H/c2*29-22-12-21(13-24(14-22)39-28(35,36)25(30)31)26(15-18-4-2-1-3-5-18,16-23(38)10-11-27(32,33)34)20-8-6-19(17-37)7-9-20;1-2;;;/h1-9,12-14,25H,10-11,15-16H2;1-9,12-14,17,25H,10-11,15-16H2;2H,1H3;;;/q;;;;+1;-1/t2*26-;;;;/m11..../s1. The van der Waals surface area contributed by atoms with E-state index in [9.17, 15) is 89.9 Å². The number of hydrogen-bond donors (Lipinski definition) is 1. The van der Waals surface area contributed by atoms with Gasteiger partial charge in [0.15, 0.2) is 0 Å². The molecule has 3 radical (unpaired) electrons. The van der Waals surface area contributed by atoms with Crippen LogP contribution in [0.3, 0.4) is 0 Å². The first-order valence-corrected chi connectivity index (χ1v) is 23.6. The van der Waals surface area contributed by atoms with Crippen LogP contribution in [0.15, 0.2) is 146 Å². The Bertz CT molecular complexity index is 3030. The van der Waals surface area contributed by atoms with E-state index >= 15 is 0 Å². The maximum Gasteiger partial charge on any atom is 1.00 e. The molecule has 6 rings (SSSR count). The fourth-order valence-electron chi connectivity index (χ4n) is 8.52. The Morgan fingerprint density at radius 3 is 1.20 bits per heavy atom. The fraction of sp³-hybridized carbons (Fsp3) is 0.298. The predicted molar refractivity (Wildman–Crippen MR) is 266 cm³/mol. The first-order chi connectivity index (χ1) is 37.5. The molecule has 0 saturated carbocycles. The molecule has 0 fully saturated rings. The molecule has 6 aromatic carbocycles. The van der Waals surface area contributed by atoms with Crippen LogP contribution < -0.4 is 39.0 Å². The van der Waals surface area contributed by atoms with E-state index in [1.165, 1.54) is 48.5 Å². The Morgan fingerprint density at radius 2 is 0.890 bits per heavy atom. The zero-order valence-corrected chi connectivity index (χ0v) is 45.3. The third-order valence-corrected chi connectivity index (χ3v) is 12.1. The van der Waals surface area contributed by atoms with Gasteiger partial charge in [0, 0.05) is 69.7 Å². The molecule has 6 aromatic rings. The fourth-order valence-corrected chi connectivity index (χ4v) is 8.52. The van der Waals surface area contributed by atoms with Gasteiger partial charge in [-0.2, -0.15) is 66.7 Å². The van der Waals surface area contributed by atoms with Gasteiger partial charge in [-0.15, -0.1) is 0 Å². The Morgan fingerprint density at radius 1 is 0.549 bits per heavy atom. The number of ketones is 2. The second kappa shape index (κ2) is 31.1. The van der Waals surface area contributed by atoms with Crippen molar-refractivity contribution in [2.45, 2.75) is 99.6 Å². The topological polar surface area (TPSA) is 114 Å². The first kappa shape index (κ1) is 71.4. The number of benzene rings is 6. The molecule has 0 unspecified atom stereocenters. The van der Waals surface area contributed by atoms with Crippen molar-refractivity contribution >= 4 is 26.3 Å². The number of nitrogens with zero attached hydrogens (tertiary/aromatic N) is 1. The zero-order valence-electron chi connectivity index (χ0n) is 44.3. The third-order valence-electron chi connectivity index (χ3n) is 12.1. The van der Waals surface area contributed by atoms with Crippen LogP contribution in [-0.2, 0) is 33.3 Å². The van der Waals surface area contributed by atoms with Crippen LogP contribution in [0.4, 0.5) is 70.2 Å². The summed E-state index contributed by atoms with van der Waals surface area (Å²) in [4.78, 5) is 37.1. The molecule has 0 aliphatic rings. The summed E-state index contributed by atoms with van der Waals surface area (Å²) in [7, 11) is 1.00. The third kappa shape index (κ3) is 20.9. The summed E-state index contributed by atoms with van der Waals surface area (Å²) < 4.78 is 221. The predicted octanol–water partition coefficient (Wildman–Crippen LogP) is 11.8. The van der Waals surface area contributed by atoms with Gasteiger partial charge in [0.1, 0.15) is 41.0 Å². The minimum absolute atomic E-state index is 0. The maximum atomic E-state index is 14.8. The van der Waals surface area contributed by atoms with E-state index in [-0.39, 0.29) is 85.6 Å². The molecule has 82 heavy (non-hydrogen) atoms. The summed E-state index contributed by atoms with van der Waals surface area (Å²) in [6.45, 7) is 0. The van der Waals surface area contributed by atoms with Gasteiger partial charge in [-0.05, 0) is 82.6 Å². The maximum absolute atomic E-state index is 14.8. The molecule has 0 aromatic heterocycles. The number of aliphatic hydroxyl groups excluding tert-OH is 1. The van der Waals surface area contributed by atoms with Gasteiger partial charge in [-0.1, -0.05) is 97.1 Å². The van der Waals surface area contributed by atoms with E-state index in [1.807, 2.05) is 6.07 Å². The van der Waals surface area contributed by atoms with Crippen molar-refractivity contribution in [3.63, 3.8) is 0 Å². The summed E-state index contributed by atoms with van der Waals surface area (Å²) in [5.41, 5.74) is -1.64. The van der Waals surface area contributed by atoms with E-state index in [2.05, 4.69) is 9.47 Å². The molecular weight excluding hydrogens is 1130 g/mol. The normalized spacial score (nSPS) is 13.0. The van der Waals surface area contributed by atoms with Crippen LogP contribution in [0.5, 0.6) is 11.5 Å². The average molecular weight is 1180 g/mol. The minimum atomic E-state index is -4.97. The Balaban J connectivity index is 0.000000779. The molecule has 0 bridgehead atoms. The van der Waals surface area contributed by atoms with Crippen molar-refractivity contribution in [1.29, 1.82) is 5.26 Å². The quantitative estimate of drug-likeness (QED) is 0.0386. The second-order valence-electron chi connectivity index (χ2n) is 17.9. The largest absolute Gasteiger partial charge is 1.00 e. The number of alkyl halides is 14. The molecule has 433 valence electrons. The number of hydrogen-bond acceptors (Lipinski definition) is 7. The van der Waals surface area contributed by atoms with Crippen LogP contribution >= 0.6 is 0 Å². The Kier molecular flexibility index (Phi) is 27.1. The van der Waals surface area contributed by atoms with Gasteiger partial charge < -0.3 is 16.0 Å². The van der Waals surface area contributed by atoms with Gasteiger partial charge in [0.25, 0.3) is 0 Å². The van der Waals surface area contributed by atoms with E-state index in [4.69, 9.17) is 5.11 Å². The second-order valence-corrected chi connectivity index (χ2v) is 17.9. The molecule has 0 heterocycles. The van der Waals surface area contributed by atoms with Gasteiger partial charge in [-0.3, -0.25) is 14.4 Å². The number of nitriles is 1. The number of carbonyl (C=O) groups is 3. The molecule has 0 amide bonds. The van der Waals surface area contributed by atoms with Crippen LogP contribution in [-0.4, -0.2) is 75.9 Å². The van der Waals surface area contributed by atoms with E-state index in [0.29, 0.717) is 29.5 Å². The number of halogens is 16.